The molecule has 2 aliphatic rings. The number of phosphoric ester groups is 1. The summed E-state index contributed by atoms with van der Waals surface area (Å²) in [7, 11) is -4.05. The predicted molar refractivity (Wildman–Crippen MR) is 124 cm³/mol. The molecule has 1 atom stereocenters. The Bertz CT molecular complexity index is 975. The van der Waals surface area contributed by atoms with E-state index in [1.807, 2.05) is 36.4 Å². The number of hydrogen-bond donors (Lipinski definition) is 0. The van der Waals surface area contributed by atoms with Crippen LogP contribution in [0.25, 0.3) is 0 Å². The Balaban J connectivity index is 1.48. The molecular formula is C25H30NO6P. The summed E-state index contributed by atoms with van der Waals surface area (Å²) < 4.78 is 36.8. The highest BCUT2D eigenvalue weighted by Gasteiger charge is 2.38. The molecule has 0 aromatic heterocycles. The summed E-state index contributed by atoms with van der Waals surface area (Å²) in [6.45, 7) is 0.536. The Hall–Kier alpha value is -2.76. The normalized spacial score (nSPS) is 18.7. The third-order valence-electron chi connectivity index (χ3n) is 5.59. The van der Waals surface area contributed by atoms with Crippen molar-refractivity contribution in [3.05, 3.63) is 78.2 Å². The first-order valence-electron chi connectivity index (χ1n) is 11.5. The van der Waals surface area contributed by atoms with Gasteiger partial charge in [0.2, 0.25) is 5.88 Å². The van der Waals surface area contributed by atoms with Gasteiger partial charge in [-0.15, -0.1) is 0 Å². The largest absolute Gasteiger partial charge is 0.589 e. The maximum Gasteiger partial charge on any atom is 0.589 e. The van der Waals surface area contributed by atoms with Crippen LogP contribution in [0.5, 0.6) is 5.75 Å². The smallest absolute Gasteiger partial charge is 0.444 e. The number of rotatable bonds is 8. The van der Waals surface area contributed by atoms with E-state index in [1.165, 1.54) is 4.90 Å². The molecule has 7 nitrogen and oxygen atoms in total. The van der Waals surface area contributed by atoms with Crippen LogP contribution < -0.4 is 4.52 Å². The van der Waals surface area contributed by atoms with Crippen LogP contribution in [-0.2, 0) is 25.0 Å². The first-order chi connectivity index (χ1) is 16.1. The lowest BCUT2D eigenvalue weighted by Gasteiger charge is -2.31. The van der Waals surface area contributed by atoms with Crippen LogP contribution in [0.3, 0.4) is 0 Å². The van der Waals surface area contributed by atoms with Crippen molar-refractivity contribution in [2.45, 2.75) is 57.7 Å². The second-order valence-corrected chi connectivity index (χ2v) is 9.66. The minimum atomic E-state index is -4.05. The molecule has 1 saturated carbocycles. The molecule has 4 rings (SSSR count). The zero-order valence-corrected chi connectivity index (χ0v) is 19.5. The zero-order chi connectivity index (χ0) is 22.9. The van der Waals surface area contributed by atoms with Crippen molar-refractivity contribution in [3.8, 4) is 5.75 Å². The van der Waals surface area contributed by atoms with E-state index < -0.39 is 13.9 Å². The van der Waals surface area contributed by atoms with Crippen molar-refractivity contribution in [2.75, 3.05) is 6.54 Å². The highest BCUT2D eigenvalue weighted by Crippen LogP contribution is 2.54. The number of phosphoric acid groups is 1. The van der Waals surface area contributed by atoms with Crippen molar-refractivity contribution in [1.29, 1.82) is 0 Å². The van der Waals surface area contributed by atoms with Gasteiger partial charge in [-0.1, -0.05) is 67.8 Å². The van der Waals surface area contributed by atoms with Crippen LogP contribution in [0.2, 0.25) is 0 Å². The van der Waals surface area contributed by atoms with Gasteiger partial charge in [0.1, 0.15) is 12.4 Å². The lowest BCUT2D eigenvalue weighted by Crippen LogP contribution is -2.35. The molecule has 0 bridgehead atoms. The van der Waals surface area contributed by atoms with E-state index in [9.17, 15) is 9.36 Å². The number of amides is 1. The molecule has 1 aliphatic heterocycles. The van der Waals surface area contributed by atoms with Gasteiger partial charge in [-0.05, 0) is 49.5 Å². The molecule has 1 amide bonds. The Labute approximate surface area is 194 Å². The SMILES string of the molecule is O=C(OCc1ccccc1)N1CCCC=C1OP(=O)(Oc1ccccc1)OC1CCCCC1. The van der Waals surface area contributed by atoms with Gasteiger partial charge >= 0.3 is 13.9 Å². The molecule has 0 saturated heterocycles. The van der Waals surface area contributed by atoms with Crippen LogP contribution in [0.1, 0.15) is 50.5 Å². The summed E-state index contributed by atoms with van der Waals surface area (Å²) >= 11 is 0. The van der Waals surface area contributed by atoms with E-state index in [1.54, 1.807) is 30.3 Å². The number of para-hydroxylation sites is 1. The van der Waals surface area contributed by atoms with Crippen LogP contribution in [-0.4, -0.2) is 23.6 Å². The molecule has 1 heterocycles. The molecule has 176 valence electrons. The summed E-state index contributed by atoms with van der Waals surface area (Å²) in [5.41, 5.74) is 0.882. The molecule has 0 radical (unpaired) electrons. The molecule has 2 aromatic carbocycles. The van der Waals surface area contributed by atoms with E-state index >= 15 is 0 Å². The predicted octanol–water partition coefficient (Wildman–Crippen LogP) is 6.81. The van der Waals surface area contributed by atoms with Crippen molar-refractivity contribution >= 4 is 13.9 Å². The summed E-state index contributed by atoms with van der Waals surface area (Å²) in [5, 5.41) is 0. The van der Waals surface area contributed by atoms with Gasteiger partial charge in [-0.2, -0.15) is 0 Å². The Kier molecular flexibility index (Phi) is 8.08. The van der Waals surface area contributed by atoms with E-state index in [0.29, 0.717) is 18.7 Å². The van der Waals surface area contributed by atoms with Gasteiger partial charge < -0.3 is 13.8 Å². The van der Waals surface area contributed by atoms with E-state index in [0.717, 1.165) is 44.1 Å². The lowest BCUT2D eigenvalue weighted by atomic mass is 9.98. The molecular weight excluding hydrogens is 441 g/mol. The maximum atomic E-state index is 13.8. The van der Waals surface area contributed by atoms with Gasteiger partial charge in [-0.25, -0.2) is 14.3 Å². The number of carbonyl (C=O) groups excluding carboxylic acids is 1. The van der Waals surface area contributed by atoms with Gasteiger partial charge in [-0.3, -0.25) is 4.52 Å². The summed E-state index contributed by atoms with van der Waals surface area (Å²) in [5.74, 6) is 0.528. The maximum absolute atomic E-state index is 13.8. The molecule has 1 fully saturated rings. The fraction of sp³-hybridized carbons (Fsp3) is 0.400. The standard InChI is InChI=1S/C25H30NO6P/c27-25(29-20-21-12-4-1-5-13-21)26-19-11-10-18-24(26)32-33(28,30-22-14-6-2-7-15-22)31-23-16-8-3-9-17-23/h1-2,4-7,12-15,18,23H,3,8-11,16-17,19-20H2. The molecule has 0 spiro atoms. The van der Waals surface area contributed by atoms with Crippen LogP contribution in [0, 0.1) is 0 Å². The average Bonchev–Trinajstić information content (AvgIpc) is 2.84. The molecule has 1 aliphatic carbocycles. The van der Waals surface area contributed by atoms with Crippen molar-refractivity contribution in [2.24, 2.45) is 0 Å². The quantitative estimate of drug-likeness (QED) is 0.394. The minimum absolute atomic E-state index is 0.139. The van der Waals surface area contributed by atoms with Crippen molar-refractivity contribution < 1.29 is 27.7 Å². The third kappa shape index (κ3) is 6.86. The minimum Gasteiger partial charge on any atom is -0.444 e. The van der Waals surface area contributed by atoms with Crippen molar-refractivity contribution in [1.82, 2.24) is 4.90 Å². The monoisotopic (exact) mass is 471 g/mol. The number of benzene rings is 2. The second-order valence-electron chi connectivity index (χ2n) is 8.18. The molecule has 1 unspecified atom stereocenters. The zero-order valence-electron chi connectivity index (χ0n) is 18.6. The average molecular weight is 471 g/mol. The van der Waals surface area contributed by atoms with Crippen LogP contribution in [0.15, 0.2) is 72.6 Å². The van der Waals surface area contributed by atoms with Gasteiger partial charge in [0, 0.05) is 6.54 Å². The van der Waals surface area contributed by atoms with Crippen LogP contribution in [0.4, 0.5) is 4.79 Å². The van der Waals surface area contributed by atoms with E-state index in [4.69, 9.17) is 18.3 Å². The highest BCUT2D eigenvalue weighted by molar-refractivity contribution is 7.49. The molecule has 0 N–H and O–H groups in total. The fourth-order valence-corrected chi connectivity index (χ4v) is 5.38. The van der Waals surface area contributed by atoms with E-state index in [2.05, 4.69) is 0 Å². The summed E-state index contributed by atoms with van der Waals surface area (Å²) in [4.78, 5) is 14.2. The number of allylic oxidation sites excluding steroid dienone is 1. The number of ether oxygens (including phenoxy) is 1. The number of nitrogens with zero attached hydrogens (tertiary/aromatic N) is 1. The molecule has 33 heavy (non-hydrogen) atoms. The number of hydrogen-bond acceptors (Lipinski definition) is 6. The van der Waals surface area contributed by atoms with Crippen molar-refractivity contribution in [3.63, 3.8) is 0 Å². The summed E-state index contributed by atoms with van der Waals surface area (Å²) in [6.07, 6.45) is 7.15. The van der Waals surface area contributed by atoms with Crippen LogP contribution >= 0.6 is 7.82 Å². The fourth-order valence-electron chi connectivity index (χ4n) is 3.90. The third-order valence-corrected chi connectivity index (χ3v) is 6.99. The Morgan fingerprint density at radius 2 is 1.61 bits per heavy atom. The summed E-state index contributed by atoms with van der Waals surface area (Å²) in [6, 6.07) is 18.3. The number of carbonyl (C=O) groups is 1. The first-order valence-corrected chi connectivity index (χ1v) is 13.0. The highest BCUT2D eigenvalue weighted by atomic mass is 31.2. The molecule has 8 heteroatoms. The van der Waals surface area contributed by atoms with Gasteiger partial charge in [0.25, 0.3) is 0 Å². The van der Waals surface area contributed by atoms with E-state index in [-0.39, 0.29) is 18.6 Å². The molecule has 2 aromatic rings. The Morgan fingerprint density at radius 3 is 2.33 bits per heavy atom. The first kappa shape index (κ1) is 23.4. The second kappa shape index (κ2) is 11.4. The Morgan fingerprint density at radius 1 is 0.909 bits per heavy atom. The lowest BCUT2D eigenvalue weighted by molar-refractivity contribution is 0.0659. The van der Waals surface area contributed by atoms with Gasteiger partial charge in [0.15, 0.2) is 0 Å². The van der Waals surface area contributed by atoms with Gasteiger partial charge in [0.05, 0.1) is 6.10 Å². The topological polar surface area (TPSA) is 74.3 Å².